The Morgan fingerprint density at radius 1 is 1.21 bits per heavy atom. The first-order valence-electron chi connectivity index (χ1n) is 5.42. The van der Waals surface area contributed by atoms with E-state index in [4.69, 9.17) is 16.3 Å². The second-order valence-corrected chi connectivity index (χ2v) is 5.15. The molecule has 0 bridgehead atoms. The average molecular weight is 291 g/mol. The highest BCUT2D eigenvalue weighted by molar-refractivity contribution is 6.31. The zero-order valence-corrected chi connectivity index (χ0v) is 10.9. The maximum absolute atomic E-state index is 12.7. The van der Waals surface area contributed by atoms with E-state index in [0.29, 0.717) is 0 Å². The quantitative estimate of drug-likeness (QED) is 0.779. The summed E-state index contributed by atoms with van der Waals surface area (Å²) in [4.78, 5) is 12.0. The Hall–Kier alpha value is -1.49. The Morgan fingerprint density at radius 3 is 2.32 bits per heavy atom. The smallest absolute Gasteiger partial charge is 0.416 e. The van der Waals surface area contributed by atoms with Crippen molar-refractivity contribution in [2.75, 3.05) is 0 Å². The highest BCUT2D eigenvalue weighted by Gasteiger charge is 2.38. The van der Waals surface area contributed by atoms with Crippen LogP contribution in [0.3, 0.4) is 0 Å². The predicted molar refractivity (Wildman–Crippen MR) is 64.6 cm³/mol. The van der Waals surface area contributed by atoms with E-state index in [1.165, 1.54) is 12.3 Å². The third kappa shape index (κ3) is 2.61. The molecule has 0 amide bonds. The van der Waals surface area contributed by atoms with Crippen LogP contribution in [0.15, 0.2) is 24.5 Å². The standard InChI is InChI=1S/C13H10ClF3O2/c1-12(2)11(18)10(6-19-12)7-3-8(13(15,16)17)5-9(14)4-7/h3-6H,1-2H3. The number of alkyl halides is 3. The van der Waals surface area contributed by atoms with Gasteiger partial charge in [-0.25, -0.2) is 0 Å². The first-order chi connectivity index (χ1) is 8.61. The van der Waals surface area contributed by atoms with E-state index < -0.39 is 17.3 Å². The van der Waals surface area contributed by atoms with Crippen LogP contribution in [0.25, 0.3) is 5.57 Å². The zero-order chi connectivity index (χ0) is 14.4. The van der Waals surface area contributed by atoms with Crippen molar-refractivity contribution in [3.63, 3.8) is 0 Å². The molecule has 1 aliphatic heterocycles. The minimum absolute atomic E-state index is 0.0803. The van der Waals surface area contributed by atoms with Gasteiger partial charge in [-0.3, -0.25) is 4.79 Å². The van der Waals surface area contributed by atoms with Gasteiger partial charge in [0.2, 0.25) is 5.78 Å². The Labute approximate surface area is 112 Å². The molecule has 0 atom stereocenters. The van der Waals surface area contributed by atoms with E-state index in [9.17, 15) is 18.0 Å². The fraction of sp³-hybridized carbons (Fsp3) is 0.308. The van der Waals surface area contributed by atoms with Crippen molar-refractivity contribution in [3.8, 4) is 0 Å². The number of carbonyl (C=O) groups excluding carboxylic acids is 1. The van der Waals surface area contributed by atoms with E-state index in [1.807, 2.05) is 0 Å². The molecular formula is C13H10ClF3O2. The Bertz CT molecular complexity index is 574. The first kappa shape index (κ1) is 13.9. The van der Waals surface area contributed by atoms with Crippen LogP contribution in [0.4, 0.5) is 13.2 Å². The number of hydrogen-bond acceptors (Lipinski definition) is 2. The number of halogens is 4. The SMILES string of the molecule is CC1(C)OC=C(c2cc(Cl)cc(C(F)(F)F)c2)C1=O. The largest absolute Gasteiger partial charge is 0.487 e. The third-order valence-electron chi connectivity index (χ3n) is 2.80. The summed E-state index contributed by atoms with van der Waals surface area (Å²) in [6.07, 6.45) is -3.34. The normalized spacial score (nSPS) is 18.2. The summed E-state index contributed by atoms with van der Waals surface area (Å²) in [6.45, 7) is 3.10. The minimum Gasteiger partial charge on any atom is -0.487 e. The number of Topliss-reactive ketones (excluding diaryl/α,β-unsaturated/α-hetero) is 1. The van der Waals surface area contributed by atoms with Gasteiger partial charge in [0.15, 0.2) is 5.60 Å². The summed E-state index contributed by atoms with van der Waals surface area (Å²) in [5.74, 6) is -0.372. The first-order valence-corrected chi connectivity index (χ1v) is 5.80. The van der Waals surface area contributed by atoms with Gasteiger partial charge in [-0.15, -0.1) is 0 Å². The van der Waals surface area contributed by atoms with E-state index in [-0.39, 0.29) is 21.9 Å². The van der Waals surface area contributed by atoms with Crippen LogP contribution in [-0.4, -0.2) is 11.4 Å². The molecule has 0 spiro atoms. The highest BCUT2D eigenvalue weighted by atomic mass is 35.5. The average Bonchev–Trinajstić information content (AvgIpc) is 2.52. The molecule has 2 nitrogen and oxygen atoms in total. The second-order valence-electron chi connectivity index (χ2n) is 4.72. The molecule has 1 aromatic rings. The van der Waals surface area contributed by atoms with Gasteiger partial charge in [-0.2, -0.15) is 13.2 Å². The molecule has 0 radical (unpaired) electrons. The second kappa shape index (κ2) is 4.27. The van der Waals surface area contributed by atoms with Crippen molar-refractivity contribution in [1.82, 2.24) is 0 Å². The van der Waals surface area contributed by atoms with Gasteiger partial charge in [0.1, 0.15) is 0 Å². The summed E-state index contributed by atoms with van der Waals surface area (Å²) < 4.78 is 43.2. The molecular weight excluding hydrogens is 281 g/mol. The molecule has 1 aromatic carbocycles. The Morgan fingerprint density at radius 2 is 1.84 bits per heavy atom. The van der Waals surface area contributed by atoms with Crippen LogP contribution in [0.2, 0.25) is 5.02 Å². The lowest BCUT2D eigenvalue weighted by molar-refractivity contribution is -0.137. The topological polar surface area (TPSA) is 26.3 Å². The molecule has 19 heavy (non-hydrogen) atoms. The van der Waals surface area contributed by atoms with Crippen LogP contribution in [-0.2, 0) is 15.7 Å². The van der Waals surface area contributed by atoms with Crippen molar-refractivity contribution >= 4 is 23.0 Å². The van der Waals surface area contributed by atoms with Crippen LogP contribution in [0.1, 0.15) is 25.0 Å². The fourth-order valence-electron chi connectivity index (χ4n) is 1.75. The Balaban J connectivity index is 2.48. The summed E-state index contributed by atoms with van der Waals surface area (Å²) in [7, 11) is 0. The van der Waals surface area contributed by atoms with E-state index in [1.54, 1.807) is 13.8 Å². The molecule has 0 fully saturated rings. The number of carbonyl (C=O) groups is 1. The molecule has 6 heteroatoms. The summed E-state index contributed by atoms with van der Waals surface area (Å²) in [6, 6.07) is 3.02. The van der Waals surface area contributed by atoms with Crippen molar-refractivity contribution < 1.29 is 22.7 Å². The van der Waals surface area contributed by atoms with Gasteiger partial charge in [0.05, 0.1) is 17.4 Å². The molecule has 1 heterocycles. The lowest BCUT2D eigenvalue weighted by atomic mass is 9.94. The predicted octanol–water partition coefficient (Wildman–Crippen LogP) is 4.08. The van der Waals surface area contributed by atoms with Crippen LogP contribution in [0, 0.1) is 0 Å². The number of ketones is 1. The minimum atomic E-state index is -4.52. The van der Waals surface area contributed by atoms with Crippen molar-refractivity contribution in [1.29, 1.82) is 0 Å². The van der Waals surface area contributed by atoms with E-state index >= 15 is 0 Å². The summed E-state index contributed by atoms with van der Waals surface area (Å²) in [5, 5.41) is -0.0803. The number of benzene rings is 1. The number of hydrogen-bond donors (Lipinski definition) is 0. The molecule has 0 aliphatic carbocycles. The van der Waals surface area contributed by atoms with Crippen molar-refractivity contribution in [2.24, 2.45) is 0 Å². The highest BCUT2D eigenvalue weighted by Crippen LogP contribution is 2.36. The Kier molecular flexibility index (Phi) is 3.13. The van der Waals surface area contributed by atoms with E-state index in [0.717, 1.165) is 12.1 Å². The van der Waals surface area contributed by atoms with Crippen LogP contribution >= 0.6 is 11.6 Å². The number of rotatable bonds is 1. The summed E-state index contributed by atoms with van der Waals surface area (Å²) >= 11 is 5.67. The van der Waals surface area contributed by atoms with Crippen molar-refractivity contribution in [2.45, 2.75) is 25.6 Å². The van der Waals surface area contributed by atoms with Gasteiger partial charge < -0.3 is 4.74 Å². The lowest BCUT2D eigenvalue weighted by Gasteiger charge is -2.15. The molecule has 0 saturated heterocycles. The molecule has 0 N–H and O–H groups in total. The summed E-state index contributed by atoms with van der Waals surface area (Å²) in [5.41, 5.74) is -1.75. The van der Waals surface area contributed by atoms with E-state index in [2.05, 4.69) is 0 Å². The maximum Gasteiger partial charge on any atom is 0.416 e. The van der Waals surface area contributed by atoms with Gasteiger partial charge >= 0.3 is 6.18 Å². The zero-order valence-electron chi connectivity index (χ0n) is 10.1. The van der Waals surface area contributed by atoms with Crippen molar-refractivity contribution in [3.05, 3.63) is 40.6 Å². The molecule has 2 rings (SSSR count). The molecule has 102 valence electrons. The molecule has 0 unspecified atom stereocenters. The van der Waals surface area contributed by atoms with Crippen LogP contribution < -0.4 is 0 Å². The van der Waals surface area contributed by atoms with Gasteiger partial charge in [-0.05, 0) is 37.6 Å². The fourth-order valence-corrected chi connectivity index (χ4v) is 1.98. The lowest BCUT2D eigenvalue weighted by Crippen LogP contribution is -2.28. The molecule has 1 aliphatic rings. The third-order valence-corrected chi connectivity index (χ3v) is 3.02. The molecule has 0 saturated carbocycles. The molecule has 0 aromatic heterocycles. The van der Waals surface area contributed by atoms with Gasteiger partial charge in [0.25, 0.3) is 0 Å². The monoisotopic (exact) mass is 290 g/mol. The van der Waals surface area contributed by atoms with Gasteiger partial charge in [-0.1, -0.05) is 11.6 Å². The maximum atomic E-state index is 12.7. The van der Waals surface area contributed by atoms with Gasteiger partial charge in [0, 0.05) is 5.02 Å². The van der Waals surface area contributed by atoms with Crippen LogP contribution in [0.5, 0.6) is 0 Å². The number of ether oxygens (including phenoxy) is 1.